The number of allylic oxidation sites excluding steroid dienone is 1. The zero-order valence-electron chi connectivity index (χ0n) is 8.69. The van der Waals surface area contributed by atoms with Crippen molar-refractivity contribution in [2.24, 2.45) is 5.92 Å². The van der Waals surface area contributed by atoms with Gasteiger partial charge in [-0.15, -0.1) is 6.58 Å². The van der Waals surface area contributed by atoms with Gasteiger partial charge in [-0.05, 0) is 12.3 Å². The van der Waals surface area contributed by atoms with Crippen molar-refractivity contribution in [3.8, 4) is 0 Å². The highest BCUT2D eigenvalue weighted by Crippen LogP contribution is 2.07. The van der Waals surface area contributed by atoms with Crippen LogP contribution >= 0.6 is 0 Å². The van der Waals surface area contributed by atoms with Gasteiger partial charge in [0, 0.05) is 0 Å². The highest BCUT2D eigenvalue weighted by Gasteiger charge is 1.92. The van der Waals surface area contributed by atoms with E-state index in [0.717, 1.165) is 12.3 Å². The number of rotatable bonds is 4. The molecule has 0 aromatic heterocycles. The first-order valence-electron chi connectivity index (χ1n) is 4.83. The highest BCUT2D eigenvalue weighted by molar-refractivity contribution is 4.60. The third kappa shape index (κ3) is 17.7. The Bertz CT molecular complexity index is 64.4. The quantitative estimate of drug-likeness (QED) is 0.529. The molecule has 0 spiro atoms. The lowest BCUT2D eigenvalue weighted by Gasteiger charge is -2.02. The lowest BCUT2D eigenvalue weighted by atomic mass is 10.0. The van der Waals surface area contributed by atoms with Crippen molar-refractivity contribution in [2.45, 2.75) is 53.4 Å². The van der Waals surface area contributed by atoms with Crippen LogP contribution in [-0.4, -0.2) is 0 Å². The third-order valence-electron chi connectivity index (χ3n) is 1.77. The maximum Gasteiger partial charge on any atom is -0.0382 e. The van der Waals surface area contributed by atoms with Gasteiger partial charge in [-0.25, -0.2) is 0 Å². The van der Waals surface area contributed by atoms with Gasteiger partial charge in [-0.1, -0.05) is 53.0 Å². The van der Waals surface area contributed by atoms with E-state index in [9.17, 15) is 0 Å². The van der Waals surface area contributed by atoms with E-state index in [-0.39, 0.29) is 0 Å². The zero-order chi connectivity index (χ0) is 9.11. The van der Waals surface area contributed by atoms with Crippen LogP contribution in [0.4, 0.5) is 0 Å². The first kappa shape index (κ1) is 13.3. The summed E-state index contributed by atoms with van der Waals surface area (Å²) < 4.78 is 0. The summed E-state index contributed by atoms with van der Waals surface area (Å²) in [6.07, 6.45) is 7.04. The van der Waals surface area contributed by atoms with E-state index < -0.39 is 0 Å². The Balaban J connectivity index is 0. The van der Waals surface area contributed by atoms with E-state index in [2.05, 4.69) is 34.3 Å². The summed E-state index contributed by atoms with van der Waals surface area (Å²) in [6, 6.07) is 0. The van der Waals surface area contributed by atoms with Crippen molar-refractivity contribution in [1.29, 1.82) is 0 Å². The summed E-state index contributed by atoms with van der Waals surface area (Å²) in [6.45, 7) is 12.3. The number of hydrogen-bond acceptors (Lipinski definition) is 0. The van der Waals surface area contributed by atoms with Crippen molar-refractivity contribution in [3.05, 3.63) is 12.7 Å². The van der Waals surface area contributed by atoms with Crippen LogP contribution in [0.2, 0.25) is 0 Å². The van der Waals surface area contributed by atoms with Crippen LogP contribution in [0.15, 0.2) is 12.7 Å². The minimum atomic E-state index is 0.949. The van der Waals surface area contributed by atoms with Gasteiger partial charge in [0.2, 0.25) is 0 Å². The smallest absolute Gasteiger partial charge is 0.0382 e. The molecule has 0 nitrogen and oxygen atoms in total. The van der Waals surface area contributed by atoms with Crippen molar-refractivity contribution < 1.29 is 0 Å². The monoisotopic (exact) mass is 156 g/mol. The molecule has 0 bridgehead atoms. The lowest BCUT2D eigenvalue weighted by molar-refractivity contribution is 0.509. The number of hydrogen-bond donors (Lipinski definition) is 0. The van der Waals surface area contributed by atoms with Gasteiger partial charge in [0.05, 0.1) is 0 Å². The Hall–Kier alpha value is -0.260. The summed E-state index contributed by atoms with van der Waals surface area (Å²) in [7, 11) is 0. The van der Waals surface area contributed by atoms with E-state index in [1.807, 2.05) is 6.08 Å². The Labute approximate surface area is 72.7 Å². The topological polar surface area (TPSA) is 0 Å². The van der Waals surface area contributed by atoms with Crippen LogP contribution in [0.5, 0.6) is 0 Å². The first-order chi connectivity index (χ1) is 5.22. The van der Waals surface area contributed by atoms with Crippen LogP contribution < -0.4 is 0 Å². The van der Waals surface area contributed by atoms with Crippen LogP contribution in [0.25, 0.3) is 0 Å². The predicted octanol–water partition coefficient (Wildman–Crippen LogP) is 4.42. The summed E-state index contributed by atoms with van der Waals surface area (Å²) in [4.78, 5) is 0. The molecule has 0 saturated heterocycles. The van der Waals surface area contributed by atoms with Crippen molar-refractivity contribution in [2.75, 3.05) is 0 Å². The molecule has 0 heterocycles. The van der Waals surface area contributed by atoms with Crippen LogP contribution in [0.1, 0.15) is 53.4 Å². The van der Waals surface area contributed by atoms with E-state index >= 15 is 0 Å². The van der Waals surface area contributed by atoms with Crippen LogP contribution in [-0.2, 0) is 0 Å². The van der Waals surface area contributed by atoms with Gasteiger partial charge in [0.1, 0.15) is 0 Å². The second-order valence-corrected chi connectivity index (χ2v) is 3.00. The molecule has 0 aromatic carbocycles. The standard InChI is InChI=1S/C7H16.C4H8/c1-4-6-7(3)5-2;1-3-4-2/h7H,4-6H2,1-3H3;3H,1,4H2,2H3. The van der Waals surface area contributed by atoms with Gasteiger partial charge in [0.15, 0.2) is 0 Å². The molecule has 0 saturated carbocycles. The second kappa shape index (κ2) is 12.4. The van der Waals surface area contributed by atoms with Gasteiger partial charge < -0.3 is 0 Å². The molecule has 0 radical (unpaired) electrons. The second-order valence-electron chi connectivity index (χ2n) is 3.00. The van der Waals surface area contributed by atoms with Crippen molar-refractivity contribution in [3.63, 3.8) is 0 Å². The normalized spacial score (nSPS) is 11.3. The van der Waals surface area contributed by atoms with Gasteiger partial charge in [0.25, 0.3) is 0 Å². The SMILES string of the molecule is C=CCC.CCCC(C)CC. The molecule has 68 valence electrons. The minimum absolute atomic E-state index is 0.949. The van der Waals surface area contributed by atoms with E-state index in [0.29, 0.717) is 0 Å². The molecule has 0 amide bonds. The fourth-order valence-corrected chi connectivity index (χ4v) is 0.697. The summed E-state index contributed by atoms with van der Waals surface area (Å²) >= 11 is 0. The Morgan fingerprint density at radius 2 is 1.73 bits per heavy atom. The minimum Gasteiger partial charge on any atom is -0.103 e. The fraction of sp³-hybridized carbons (Fsp3) is 0.818. The fourth-order valence-electron chi connectivity index (χ4n) is 0.697. The summed E-state index contributed by atoms with van der Waals surface area (Å²) in [5.41, 5.74) is 0. The highest BCUT2D eigenvalue weighted by atomic mass is 14.0. The molecule has 0 rings (SSSR count). The van der Waals surface area contributed by atoms with Gasteiger partial charge in [-0.2, -0.15) is 0 Å². The molecule has 0 aromatic rings. The molecule has 11 heavy (non-hydrogen) atoms. The third-order valence-corrected chi connectivity index (χ3v) is 1.77. The predicted molar refractivity (Wildman–Crippen MR) is 54.9 cm³/mol. The molecule has 0 heteroatoms. The van der Waals surface area contributed by atoms with E-state index in [1.54, 1.807) is 0 Å². The van der Waals surface area contributed by atoms with Crippen molar-refractivity contribution in [1.82, 2.24) is 0 Å². The molecule has 0 aliphatic rings. The average molecular weight is 156 g/mol. The Morgan fingerprint density at radius 1 is 1.27 bits per heavy atom. The summed E-state index contributed by atoms with van der Waals surface area (Å²) in [5, 5.41) is 0. The lowest BCUT2D eigenvalue weighted by Crippen LogP contribution is -1.88. The zero-order valence-corrected chi connectivity index (χ0v) is 8.69. The average Bonchev–Trinajstić information content (AvgIpc) is 2.05. The summed E-state index contributed by atoms with van der Waals surface area (Å²) in [5.74, 6) is 0.949. The van der Waals surface area contributed by atoms with Crippen LogP contribution in [0, 0.1) is 5.92 Å². The van der Waals surface area contributed by atoms with E-state index in [4.69, 9.17) is 0 Å². The molecular formula is C11H24. The Kier molecular flexibility index (Phi) is 15.1. The first-order valence-corrected chi connectivity index (χ1v) is 4.83. The maximum absolute atomic E-state index is 3.48. The molecule has 0 aliphatic heterocycles. The largest absolute Gasteiger partial charge is 0.103 e. The molecular weight excluding hydrogens is 132 g/mol. The van der Waals surface area contributed by atoms with Crippen LogP contribution in [0.3, 0.4) is 0 Å². The van der Waals surface area contributed by atoms with Gasteiger partial charge in [-0.3, -0.25) is 0 Å². The maximum atomic E-state index is 3.48. The molecule has 0 fully saturated rings. The van der Waals surface area contributed by atoms with Gasteiger partial charge >= 0.3 is 0 Å². The molecule has 0 aliphatic carbocycles. The van der Waals surface area contributed by atoms with E-state index in [1.165, 1.54) is 19.3 Å². The molecule has 0 N–H and O–H groups in total. The molecule has 1 unspecified atom stereocenters. The Morgan fingerprint density at radius 3 is 1.82 bits per heavy atom. The van der Waals surface area contributed by atoms with Crippen molar-refractivity contribution >= 4 is 0 Å². The molecule has 1 atom stereocenters.